The van der Waals surface area contributed by atoms with Crippen molar-refractivity contribution in [3.8, 4) is 34.1 Å². The molecule has 0 aliphatic carbocycles. The van der Waals surface area contributed by atoms with Crippen LogP contribution >= 0.6 is 11.6 Å². The van der Waals surface area contributed by atoms with Crippen molar-refractivity contribution in [2.45, 2.75) is 6.61 Å². The van der Waals surface area contributed by atoms with Crippen molar-refractivity contribution in [1.82, 2.24) is 5.16 Å². The molecular formula is C18H16ClNO4. The Hall–Kier alpha value is -2.50. The van der Waals surface area contributed by atoms with Crippen molar-refractivity contribution in [2.75, 3.05) is 14.2 Å². The maximum absolute atomic E-state index is 9.88. The zero-order chi connectivity index (χ0) is 17.1. The zero-order valence-corrected chi connectivity index (χ0v) is 14.0. The highest BCUT2D eigenvalue weighted by atomic mass is 35.5. The van der Waals surface area contributed by atoms with Gasteiger partial charge in [-0.1, -0.05) is 28.9 Å². The summed E-state index contributed by atoms with van der Waals surface area (Å²) in [7, 11) is 3.15. The van der Waals surface area contributed by atoms with Crippen LogP contribution in [0, 0.1) is 0 Å². The average Bonchev–Trinajstić information content (AvgIpc) is 3.05. The molecule has 1 heterocycles. The molecule has 0 atom stereocenters. The van der Waals surface area contributed by atoms with Gasteiger partial charge in [0.1, 0.15) is 17.2 Å². The summed E-state index contributed by atoms with van der Waals surface area (Å²) in [6, 6.07) is 12.6. The Bertz CT molecular complexity index is 860. The molecule has 124 valence electrons. The molecule has 6 heteroatoms. The summed E-state index contributed by atoms with van der Waals surface area (Å²) in [6.07, 6.45) is 0. The van der Waals surface area contributed by atoms with Gasteiger partial charge in [0, 0.05) is 11.1 Å². The van der Waals surface area contributed by atoms with Crippen molar-refractivity contribution in [3.63, 3.8) is 0 Å². The maximum Gasteiger partial charge on any atom is 0.174 e. The minimum absolute atomic E-state index is 0.250. The molecule has 0 aliphatic heterocycles. The predicted octanol–water partition coefficient (Wildman–Crippen LogP) is 4.17. The Morgan fingerprint density at radius 1 is 1.08 bits per heavy atom. The van der Waals surface area contributed by atoms with Gasteiger partial charge in [0.25, 0.3) is 0 Å². The molecule has 2 aromatic carbocycles. The van der Waals surface area contributed by atoms with Crippen LogP contribution in [-0.2, 0) is 6.61 Å². The Morgan fingerprint density at radius 3 is 2.54 bits per heavy atom. The summed E-state index contributed by atoms with van der Waals surface area (Å²) >= 11 is 6.24. The minimum Gasteiger partial charge on any atom is -0.497 e. The van der Waals surface area contributed by atoms with Crippen LogP contribution in [0.2, 0.25) is 5.02 Å². The number of hydrogen-bond acceptors (Lipinski definition) is 5. The molecule has 0 unspecified atom stereocenters. The third kappa shape index (κ3) is 2.84. The largest absolute Gasteiger partial charge is 0.497 e. The van der Waals surface area contributed by atoms with E-state index in [1.54, 1.807) is 38.5 Å². The fourth-order valence-electron chi connectivity index (χ4n) is 2.52. The molecule has 0 fully saturated rings. The molecular weight excluding hydrogens is 330 g/mol. The summed E-state index contributed by atoms with van der Waals surface area (Å²) in [5.41, 5.74) is 2.37. The van der Waals surface area contributed by atoms with Gasteiger partial charge in [0.05, 0.1) is 31.4 Å². The Balaban J connectivity index is 2.19. The Morgan fingerprint density at radius 2 is 1.88 bits per heavy atom. The number of nitrogens with zero attached hydrogens (tertiary/aromatic N) is 1. The summed E-state index contributed by atoms with van der Waals surface area (Å²) in [5.74, 6) is 1.68. The predicted molar refractivity (Wildman–Crippen MR) is 91.4 cm³/mol. The lowest BCUT2D eigenvalue weighted by Crippen LogP contribution is -1.94. The van der Waals surface area contributed by atoms with Crippen molar-refractivity contribution < 1.29 is 19.1 Å². The summed E-state index contributed by atoms with van der Waals surface area (Å²) < 4.78 is 16.1. The lowest BCUT2D eigenvalue weighted by Gasteiger charge is -2.09. The van der Waals surface area contributed by atoms with Crippen LogP contribution in [0.5, 0.6) is 11.5 Å². The summed E-state index contributed by atoms with van der Waals surface area (Å²) in [5, 5.41) is 14.5. The van der Waals surface area contributed by atoms with Gasteiger partial charge in [-0.2, -0.15) is 0 Å². The highest BCUT2D eigenvalue weighted by Gasteiger charge is 2.22. The van der Waals surface area contributed by atoms with E-state index in [1.807, 2.05) is 18.2 Å². The van der Waals surface area contributed by atoms with E-state index < -0.39 is 0 Å². The second kappa shape index (κ2) is 6.95. The third-order valence-electron chi connectivity index (χ3n) is 3.73. The summed E-state index contributed by atoms with van der Waals surface area (Å²) in [6.45, 7) is -0.250. The van der Waals surface area contributed by atoms with Gasteiger partial charge in [-0.15, -0.1) is 0 Å². The standard InChI is InChI=1S/C18H16ClNO4/c1-22-11-7-8-16(23-2)13(9-11)17-14(10-21)18(24-20-17)12-5-3-4-6-15(12)19/h3-9,21H,10H2,1-2H3. The van der Waals surface area contributed by atoms with Gasteiger partial charge in [-0.05, 0) is 30.3 Å². The molecule has 5 nitrogen and oxygen atoms in total. The molecule has 0 aliphatic rings. The van der Waals surface area contributed by atoms with Crippen LogP contribution in [0.15, 0.2) is 47.0 Å². The van der Waals surface area contributed by atoms with E-state index >= 15 is 0 Å². The van der Waals surface area contributed by atoms with Crippen LogP contribution in [-0.4, -0.2) is 24.5 Å². The number of aliphatic hydroxyl groups is 1. The molecule has 24 heavy (non-hydrogen) atoms. The number of benzene rings is 2. The van der Waals surface area contributed by atoms with Crippen LogP contribution in [0.3, 0.4) is 0 Å². The number of hydrogen-bond donors (Lipinski definition) is 1. The lowest BCUT2D eigenvalue weighted by atomic mass is 10.0. The van der Waals surface area contributed by atoms with Crippen molar-refractivity contribution in [2.24, 2.45) is 0 Å². The van der Waals surface area contributed by atoms with E-state index in [-0.39, 0.29) is 6.61 Å². The molecule has 3 aromatic rings. The van der Waals surface area contributed by atoms with Crippen LogP contribution in [0.25, 0.3) is 22.6 Å². The molecule has 1 N–H and O–H groups in total. The van der Waals surface area contributed by atoms with Gasteiger partial charge >= 0.3 is 0 Å². The van der Waals surface area contributed by atoms with E-state index in [1.165, 1.54) is 0 Å². The molecule has 1 aromatic heterocycles. The molecule has 0 spiro atoms. The van der Waals surface area contributed by atoms with Crippen molar-refractivity contribution >= 4 is 11.6 Å². The second-order valence-electron chi connectivity index (χ2n) is 5.04. The second-order valence-corrected chi connectivity index (χ2v) is 5.45. The average molecular weight is 346 g/mol. The van der Waals surface area contributed by atoms with Gasteiger partial charge in [0.15, 0.2) is 5.76 Å². The third-order valence-corrected chi connectivity index (χ3v) is 4.06. The smallest absolute Gasteiger partial charge is 0.174 e. The molecule has 0 bridgehead atoms. The van der Waals surface area contributed by atoms with Crippen molar-refractivity contribution in [1.29, 1.82) is 0 Å². The first-order chi connectivity index (χ1) is 11.7. The quantitative estimate of drug-likeness (QED) is 0.751. The Kier molecular flexibility index (Phi) is 4.74. The van der Waals surface area contributed by atoms with E-state index in [2.05, 4.69) is 5.16 Å². The normalized spacial score (nSPS) is 10.7. The van der Waals surface area contributed by atoms with E-state index in [0.29, 0.717) is 44.7 Å². The first-order valence-electron chi connectivity index (χ1n) is 7.26. The molecule has 0 amide bonds. The number of halogens is 1. The van der Waals surface area contributed by atoms with Crippen LogP contribution in [0.1, 0.15) is 5.56 Å². The number of methoxy groups -OCH3 is 2. The van der Waals surface area contributed by atoms with Crippen LogP contribution in [0.4, 0.5) is 0 Å². The number of rotatable bonds is 5. The minimum atomic E-state index is -0.250. The van der Waals surface area contributed by atoms with Gasteiger partial charge in [-0.25, -0.2) is 0 Å². The van der Waals surface area contributed by atoms with E-state index in [4.69, 9.17) is 25.6 Å². The van der Waals surface area contributed by atoms with E-state index in [9.17, 15) is 5.11 Å². The first kappa shape index (κ1) is 16.4. The fraction of sp³-hybridized carbons (Fsp3) is 0.167. The lowest BCUT2D eigenvalue weighted by molar-refractivity contribution is 0.281. The fourth-order valence-corrected chi connectivity index (χ4v) is 2.75. The van der Waals surface area contributed by atoms with Gasteiger partial charge in [0.2, 0.25) is 0 Å². The monoisotopic (exact) mass is 345 g/mol. The van der Waals surface area contributed by atoms with Crippen molar-refractivity contribution in [3.05, 3.63) is 53.1 Å². The number of aromatic nitrogens is 1. The maximum atomic E-state index is 9.88. The van der Waals surface area contributed by atoms with E-state index in [0.717, 1.165) is 0 Å². The number of ether oxygens (including phenoxy) is 2. The SMILES string of the molecule is COc1ccc(OC)c(-c2noc(-c3ccccc3Cl)c2CO)c1. The highest BCUT2D eigenvalue weighted by molar-refractivity contribution is 6.33. The Labute approximate surface area is 144 Å². The highest BCUT2D eigenvalue weighted by Crippen LogP contribution is 2.40. The molecule has 0 saturated carbocycles. The van der Waals surface area contributed by atoms with Gasteiger partial charge < -0.3 is 19.1 Å². The zero-order valence-electron chi connectivity index (χ0n) is 13.2. The molecule has 0 radical (unpaired) electrons. The van der Waals surface area contributed by atoms with Crippen LogP contribution < -0.4 is 9.47 Å². The number of aliphatic hydroxyl groups excluding tert-OH is 1. The summed E-state index contributed by atoms with van der Waals surface area (Å²) in [4.78, 5) is 0. The molecule has 3 rings (SSSR count). The molecule has 0 saturated heterocycles. The first-order valence-corrected chi connectivity index (χ1v) is 7.64. The topological polar surface area (TPSA) is 64.7 Å². The van der Waals surface area contributed by atoms with Gasteiger partial charge in [-0.3, -0.25) is 0 Å².